The van der Waals surface area contributed by atoms with Gasteiger partial charge in [-0.3, -0.25) is 0 Å². The molecule has 134 valence electrons. The fourth-order valence-electron chi connectivity index (χ4n) is 3.47. The third-order valence-corrected chi connectivity index (χ3v) is 10.6. The number of sulfone groups is 2. The second-order valence-electron chi connectivity index (χ2n) is 6.24. The van der Waals surface area contributed by atoms with Crippen LogP contribution in [0.3, 0.4) is 0 Å². The lowest BCUT2D eigenvalue weighted by Gasteiger charge is -2.31. The molecule has 2 atom stereocenters. The molecule has 2 aromatic rings. The molecule has 0 saturated carbocycles. The summed E-state index contributed by atoms with van der Waals surface area (Å²) in [6.45, 7) is 3.21. The molecule has 0 N–H and O–H groups in total. The first-order valence-corrected chi connectivity index (χ1v) is 10.9. The highest BCUT2D eigenvalue weighted by Gasteiger charge is 2.64. The Morgan fingerprint density at radius 2 is 1.20 bits per heavy atom. The SMILES string of the molecule is C[C@@H]1CC(S(=O)(=O)c2ccccc2)(S(=O)(=O)c2ccccc2)[C@H](C)O1. The molecule has 0 bridgehead atoms. The molecule has 7 heteroatoms. The van der Waals surface area contributed by atoms with Gasteiger partial charge in [-0.15, -0.1) is 0 Å². The van der Waals surface area contributed by atoms with Crippen molar-refractivity contribution in [3.8, 4) is 0 Å². The molecule has 1 saturated heterocycles. The molecule has 1 fully saturated rings. The number of benzene rings is 2. The summed E-state index contributed by atoms with van der Waals surface area (Å²) in [6, 6.07) is 15.4. The first-order chi connectivity index (χ1) is 11.7. The standard InChI is InChI=1S/C18H20O5S2/c1-14-13-18(15(2)23-14,24(19,20)16-9-5-3-6-10-16)25(21,22)17-11-7-4-8-12-17/h3-12,14-15H,13H2,1-2H3/t14-,15+/m1/s1. The van der Waals surface area contributed by atoms with E-state index in [1.54, 1.807) is 43.3 Å². The van der Waals surface area contributed by atoms with Gasteiger partial charge in [0.1, 0.15) is 0 Å². The van der Waals surface area contributed by atoms with Gasteiger partial charge in [-0.05, 0) is 38.1 Å². The summed E-state index contributed by atoms with van der Waals surface area (Å²) in [4.78, 5) is -0.0295. The number of rotatable bonds is 4. The topological polar surface area (TPSA) is 77.5 Å². The van der Waals surface area contributed by atoms with Crippen LogP contribution in [0.15, 0.2) is 70.5 Å². The fourth-order valence-corrected chi connectivity index (χ4v) is 8.92. The van der Waals surface area contributed by atoms with Gasteiger partial charge in [0.05, 0.1) is 22.0 Å². The first kappa shape index (κ1) is 18.1. The number of hydrogen-bond acceptors (Lipinski definition) is 5. The van der Waals surface area contributed by atoms with Crippen LogP contribution in [0.25, 0.3) is 0 Å². The van der Waals surface area contributed by atoms with E-state index in [4.69, 9.17) is 4.74 Å². The Bertz CT molecular complexity index is 882. The van der Waals surface area contributed by atoms with Crippen molar-refractivity contribution in [1.82, 2.24) is 0 Å². The van der Waals surface area contributed by atoms with Crippen molar-refractivity contribution in [1.29, 1.82) is 0 Å². The van der Waals surface area contributed by atoms with Crippen LogP contribution in [0.4, 0.5) is 0 Å². The average molecular weight is 380 g/mol. The van der Waals surface area contributed by atoms with Crippen molar-refractivity contribution >= 4 is 19.7 Å². The predicted molar refractivity (Wildman–Crippen MR) is 94.6 cm³/mol. The van der Waals surface area contributed by atoms with Crippen molar-refractivity contribution in [2.75, 3.05) is 0 Å². The Morgan fingerprint density at radius 3 is 1.52 bits per heavy atom. The highest BCUT2D eigenvalue weighted by atomic mass is 32.3. The fraction of sp³-hybridized carbons (Fsp3) is 0.333. The molecule has 0 aliphatic carbocycles. The zero-order valence-electron chi connectivity index (χ0n) is 14.0. The van der Waals surface area contributed by atoms with E-state index in [-0.39, 0.29) is 16.2 Å². The van der Waals surface area contributed by atoms with E-state index < -0.39 is 36.0 Å². The quantitative estimate of drug-likeness (QED) is 0.815. The van der Waals surface area contributed by atoms with Gasteiger partial charge in [-0.25, -0.2) is 16.8 Å². The molecule has 1 aliphatic heterocycles. The van der Waals surface area contributed by atoms with E-state index in [1.807, 2.05) is 0 Å². The van der Waals surface area contributed by atoms with Crippen molar-refractivity contribution in [2.45, 2.75) is 46.3 Å². The molecule has 0 unspecified atom stereocenters. The van der Waals surface area contributed by atoms with Gasteiger partial charge < -0.3 is 4.74 Å². The normalized spacial score (nSPS) is 23.4. The summed E-state index contributed by atoms with van der Waals surface area (Å²) in [5.74, 6) is 0. The zero-order valence-corrected chi connectivity index (χ0v) is 15.6. The molecule has 5 nitrogen and oxygen atoms in total. The Labute approximate surface area is 148 Å². The summed E-state index contributed by atoms with van der Waals surface area (Å²) in [5, 5.41) is 0. The van der Waals surface area contributed by atoms with Gasteiger partial charge in [0.2, 0.25) is 23.8 Å². The molecule has 0 radical (unpaired) electrons. The van der Waals surface area contributed by atoms with Gasteiger partial charge in [0.15, 0.2) is 0 Å². The van der Waals surface area contributed by atoms with Gasteiger partial charge >= 0.3 is 0 Å². The van der Waals surface area contributed by atoms with Crippen LogP contribution in [0.1, 0.15) is 20.3 Å². The van der Waals surface area contributed by atoms with Crippen LogP contribution in [-0.2, 0) is 24.4 Å². The first-order valence-electron chi connectivity index (χ1n) is 7.98. The lowest BCUT2D eigenvalue weighted by Crippen LogP contribution is -2.51. The molecule has 1 heterocycles. The van der Waals surface area contributed by atoms with Crippen LogP contribution in [0, 0.1) is 0 Å². The second-order valence-corrected chi connectivity index (χ2v) is 10.9. The van der Waals surface area contributed by atoms with E-state index >= 15 is 0 Å². The highest BCUT2D eigenvalue weighted by molar-refractivity contribution is 8.10. The van der Waals surface area contributed by atoms with Crippen LogP contribution < -0.4 is 0 Å². The maximum Gasteiger partial charge on any atom is 0.210 e. The molecule has 3 rings (SSSR count). The van der Waals surface area contributed by atoms with Gasteiger partial charge in [-0.2, -0.15) is 0 Å². The number of ether oxygens (including phenoxy) is 1. The minimum atomic E-state index is -4.20. The summed E-state index contributed by atoms with van der Waals surface area (Å²) in [7, 11) is -8.40. The number of hydrogen-bond donors (Lipinski definition) is 0. The Kier molecular flexibility index (Phi) is 4.51. The molecule has 0 aromatic heterocycles. The van der Waals surface area contributed by atoms with Crippen LogP contribution >= 0.6 is 0 Å². The smallest absolute Gasteiger partial charge is 0.210 e. The van der Waals surface area contributed by atoms with E-state index in [1.165, 1.54) is 31.2 Å². The van der Waals surface area contributed by atoms with E-state index in [0.717, 1.165) is 0 Å². The lowest BCUT2D eigenvalue weighted by molar-refractivity contribution is 0.0653. The summed E-state index contributed by atoms with van der Waals surface area (Å²) >= 11 is 0. The van der Waals surface area contributed by atoms with Gasteiger partial charge in [0, 0.05) is 6.42 Å². The van der Waals surface area contributed by atoms with E-state index in [0.29, 0.717) is 0 Å². The zero-order chi connectivity index (χ0) is 18.3. The summed E-state index contributed by atoms with van der Waals surface area (Å²) in [5.41, 5.74) is 0. The van der Waals surface area contributed by atoms with Crippen molar-refractivity contribution in [3.05, 3.63) is 60.7 Å². The van der Waals surface area contributed by atoms with Crippen LogP contribution in [0.5, 0.6) is 0 Å². The van der Waals surface area contributed by atoms with Gasteiger partial charge in [0.25, 0.3) is 0 Å². The highest BCUT2D eigenvalue weighted by Crippen LogP contribution is 2.47. The third kappa shape index (κ3) is 2.61. The second kappa shape index (κ2) is 6.23. The Morgan fingerprint density at radius 1 is 0.800 bits per heavy atom. The van der Waals surface area contributed by atoms with Gasteiger partial charge in [-0.1, -0.05) is 36.4 Å². The monoisotopic (exact) mass is 380 g/mol. The van der Waals surface area contributed by atoms with Crippen LogP contribution in [-0.4, -0.2) is 33.1 Å². The lowest BCUT2D eigenvalue weighted by atomic mass is 10.2. The van der Waals surface area contributed by atoms with E-state index in [2.05, 4.69) is 0 Å². The molecular weight excluding hydrogens is 360 g/mol. The minimum Gasteiger partial charge on any atom is -0.373 e. The molecular formula is C18H20O5S2. The van der Waals surface area contributed by atoms with Crippen molar-refractivity contribution in [2.24, 2.45) is 0 Å². The maximum atomic E-state index is 13.5. The summed E-state index contributed by atoms with van der Waals surface area (Å²) < 4.78 is 57.5. The Hall–Kier alpha value is -1.70. The van der Waals surface area contributed by atoms with Crippen molar-refractivity contribution in [3.63, 3.8) is 0 Å². The molecule has 25 heavy (non-hydrogen) atoms. The van der Waals surface area contributed by atoms with E-state index in [9.17, 15) is 16.8 Å². The third-order valence-electron chi connectivity index (χ3n) is 4.64. The summed E-state index contributed by atoms with van der Waals surface area (Å²) in [6.07, 6.45) is -1.58. The van der Waals surface area contributed by atoms with Crippen LogP contribution in [0.2, 0.25) is 0 Å². The predicted octanol–water partition coefficient (Wildman–Crippen LogP) is 2.83. The molecule has 0 amide bonds. The molecule has 0 spiro atoms. The Balaban J connectivity index is 2.31. The van der Waals surface area contributed by atoms with Crippen molar-refractivity contribution < 1.29 is 21.6 Å². The maximum absolute atomic E-state index is 13.5. The molecule has 2 aromatic carbocycles. The average Bonchev–Trinajstić information content (AvgIpc) is 2.92. The molecule has 1 aliphatic rings. The largest absolute Gasteiger partial charge is 0.373 e. The minimum absolute atomic E-state index is 0.0148.